The minimum Gasteiger partial charge on any atom is -0.491 e. The third kappa shape index (κ3) is 5.23. The number of aliphatic hydroxyl groups is 1. The first kappa shape index (κ1) is 18.7. The summed E-state index contributed by atoms with van der Waals surface area (Å²) in [6.07, 6.45) is -0.469. The largest absolute Gasteiger partial charge is 0.491 e. The summed E-state index contributed by atoms with van der Waals surface area (Å²) < 4.78 is 5.75. The van der Waals surface area contributed by atoms with E-state index in [1.165, 1.54) is 11.3 Å². The van der Waals surface area contributed by atoms with Crippen molar-refractivity contribution < 1.29 is 9.84 Å². The number of piperazine rings is 1. The van der Waals surface area contributed by atoms with E-state index in [1.807, 2.05) is 18.2 Å². The van der Waals surface area contributed by atoms with E-state index in [2.05, 4.69) is 60.0 Å². The summed E-state index contributed by atoms with van der Waals surface area (Å²) in [6, 6.07) is 18.7. The van der Waals surface area contributed by atoms with Crippen LogP contribution in [0.3, 0.4) is 0 Å². The molecule has 0 aromatic heterocycles. The first-order chi connectivity index (χ1) is 12.6. The fraction of sp³-hybridized carbons (Fsp3) is 0.455. The predicted molar refractivity (Wildman–Crippen MR) is 107 cm³/mol. The molecule has 26 heavy (non-hydrogen) atoms. The number of anilines is 1. The summed E-state index contributed by atoms with van der Waals surface area (Å²) in [5, 5.41) is 10.3. The van der Waals surface area contributed by atoms with Gasteiger partial charge in [0.15, 0.2) is 0 Å². The fourth-order valence-electron chi connectivity index (χ4n) is 3.32. The summed E-state index contributed by atoms with van der Waals surface area (Å²) in [7, 11) is 0. The molecule has 1 heterocycles. The SMILES string of the molecule is CC(C)c1ccc(OC[C@@H](O)CN2CCN(c3ccccc3)CC2)cc1. The molecular formula is C22H30N2O2. The highest BCUT2D eigenvalue weighted by Gasteiger charge is 2.19. The lowest BCUT2D eigenvalue weighted by Gasteiger charge is -2.36. The average molecular weight is 354 g/mol. The van der Waals surface area contributed by atoms with Crippen LogP contribution in [0.5, 0.6) is 5.75 Å². The Labute approximate surface area is 157 Å². The molecule has 0 spiro atoms. The second kappa shape index (κ2) is 9.06. The Hall–Kier alpha value is -2.04. The van der Waals surface area contributed by atoms with Crippen LogP contribution in [0.25, 0.3) is 0 Å². The van der Waals surface area contributed by atoms with Crippen LogP contribution in [-0.4, -0.2) is 55.4 Å². The van der Waals surface area contributed by atoms with Crippen molar-refractivity contribution in [1.29, 1.82) is 0 Å². The highest BCUT2D eigenvalue weighted by Crippen LogP contribution is 2.19. The van der Waals surface area contributed by atoms with Gasteiger partial charge in [0.1, 0.15) is 18.5 Å². The van der Waals surface area contributed by atoms with Gasteiger partial charge in [0, 0.05) is 38.4 Å². The first-order valence-electron chi connectivity index (χ1n) is 9.55. The summed E-state index contributed by atoms with van der Waals surface area (Å²) in [6.45, 7) is 9.27. The van der Waals surface area contributed by atoms with Crippen LogP contribution >= 0.6 is 0 Å². The van der Waals surface area contributed by atoms with Crippen LogP contribution in [0.2, 0.25) is 0 Å². The maximum atomic E-state index is 10.3. The first-order valence-corrected chi connectivity index (χ1v) is 9.55. The number of rotatable bonds is 7. The summed E-state index contributed by atoms with van der Waals surface area (Å²) in [5.41, 5.74) is 2.58. The molecule has 0 aliphatic carbocycles. The Balaban J connectivity index is 1.39. The van der Waals surface area contributed by atoms with E-state index in [0.29, 0.717) is 19.1 Å². The van der Waals surface area contributed by atoms with Crippen molar-refractivity contribution in [3.63, 3.8) is 0 Å². The number of para-hydroxylation sites is 1. The minimum absolute atomic E-state index is 0.333. The highest BCUT2D eigenvalue weighted by atomic mass is 16.5. The van der Waals surface area contributed by atoms with Crippen LogP contribution in [0.15, 0.2) is 54.6 Å². The molecule has 0 unspecified atom stereocenters. The van der Waals surface area contributed by atoms with Gasteiger partial charge in [-0.3, -0.25) is 4.90 Å². The molecule has 2 aromatic carbocycles. The number of aliphatic hydroxyl groups excluding tert-OH is 1. The molecular weight excluding hydrogens is 324 g/mol. The third-order valence-corrected chi connectivity index (χ3v) is 4.95. The summed E-state index contributed by atoms with van der Waals surface area (Å²) in [5.74, 6) is 1.34. The molecule has 1 fully saturated rings. The molecule has 2 aromatic rings. The Morgan fingerprint density at radius 3 is 2.19 bits per heavy atom. The van der Waals surface area contributed by atoms with Gasteiger partial charge < -0.3 is 14.7 Å². The number of hydrogen-bond donors (Lipinski definition) is 1. The standard InChI is InChI=1S/C22H30N2O2/c1-18(2)19-8-10-22(11-9-19)26-17-21(25)16-23-12-14-24(15-13-23)20-6-4-3-5-7-20/h3-11,18,21,25H,12-17H2,1-2H3/t21-/m0/s1. The number of hydrogen-bond acceptors (Lipinski definition) is 4. The van der Waals surface area contributed by atoms with E-state index < -0.39 is 6.10 Å². The highest BCUT2D eigenvalue weighted by molar-refractivity contribution is 5.46. The van der Waals surface area contributed by atoms with Gasteiger partial charge in [0.05, 0.1) is 0 Å². The zero-order valence-electron chi connectivity index (χ0n) is 15.8. The third-order valence-electron chi connectivity index (χ3n) is 4.95. The van der Waals surface area contributed by atoms with Gasteiger partial charge in [-0.2, -0.15) is 0 Å². The Bertz CT molecular complexity index is 650. The number of nitrogens with zero attached hydrogens (tertiary/aromatic N) is 2. The van der Waals surface area contributed by atoms with Gasteiger partial charge in [-0.15, -0.1) is 0 Å². The Morgan fingerprint density at radius 2 is 1.58 bits per heavy atom. The molecule has 0 radical (unpaired) electrons. The van der Waals surface area contributed by atoms with Crippen molar-refractivity contribution in [1.82, 2.24) is 4.90 Å². The van der Waals surface area contributed by atoms with Gasteiger partial charge >= 0.3 is 0 Å². The summed E-state index contributed by atoms with van der Waals surface area (Å²) in [4.78, 5) is 4.71. The van der Waals surface area contributed by atoms with Gasteiger partial charge in [0.2, 0.25) is 0 Å². The van der Waals surface area contributed by atoms with Gasteiger partial charge in [-0.05, 0) is 35.7 Å². The quantitative estimate of drug-likeness (QED) is 0.827. The van der Waals surface area contributed by atoms with E-state index in [-0.39, 0.29) is 0 Å². The molecule has 1 aliphatic rings. The molecule has 4 nitrogen and oxygen atoms in total. The maximum absolute atomic E-state index is 10.3. The molecule has 3 rings (SSSR count). The van der Waals surface area contributed by atoms with Gasteiger partial charge in [-0.25, -0.2) is 0 Å². The number of ether oxygens (including phenoxy) is 1. The van der Waals surface area contributed by atoms with Crippen molar-refractivity contribution in [2.24, 2.45) is 0 Å². The van der Waals surface area contributed by atoms with E-state index in [1.54, 1.807) is 0 Å². The Kier molecular flexibility index (Phi) is 6.53. The lowest BCUT2D eigenvalue weighted by atomic mass is 10.0. The van der Waals surface area contributed by atoms with Crippen molar-refractivity contribution in [3.05, 3.63) is 60.2 Å². The predicted octanol–water partition coefficient (Wildman–Crippen LogP) is 3.37. The van der Waals surface area contributed by atoms with E-state index >= 15 is 0 Å². The number of benzene rings is 2. The van der Waals surface area contributed by atoms with Crippen LogP contribution in [-0.2, 0) is 0 Å². The second-order valence-electron chi connectivity index (χ2n) is 7.31. The fourth-order valence-corrected chi connectivity index (χ4v) is 3.32. The average Bonchev–Trinajstić information content (AvgIpc) is 2.68. The zero-order valence-corrected chi connectivity index (χ0v) is 15.8. The molecule has 0 bridgehead atoms. The lowest BCUT2D eigenvalue weighted by molar-refractivity contribution is 0.0663. The van der Waals surface area contributed by atoms with Crippen molar-refractivity contribution in [2.45, 2.75) is 25.9 Å². The Morgan fingerprint density at radius 1 is 0.923 bits per heavy atom. The molecule has 1 atom stereocenters. The normalized spacial score (nSPS) is 16.7. The van der Waals surface area contributed by atoms with Crippen molar-refractivity contribution in [3.8, 4) is 5.75 Å². The van der Waals surface area contributed by atoms with E-state index in [9.17, 15) is 5.11 Å². The molecule has 1 aliphatic heterocycles. The zero-order chi connectivity index (χ0) is 18.4. The van der Waals surface area contributed by atoms with Crippen molar-refractivity contribution >= 4 is 5.69 Å². The van der Waals surface area contributed by atoms with Gasteiger partial charge in [0.25, 0.3) is 0 Å². The minimum atomic E-state index is -0.469. The lowest BCUT2D eigenvalue weighted by Crippen LogP contribution is -2.49. The smallest absolute Gasteiger partial charge is 0.119 e. The molecule has 0 amide bonds. The topological polar surface area (TPSA) is 35.9 Å². The molecule has 4 heteroatoms. The van der Waals surface area contributed by atoms with Gasteiger partial charge in [-0.1, -0.05) is 44.2 Å². The summed E-state index contributed by atoms with van der Waals surface area (Å²) >= 11 is 0. The van der Waals surface area contributed by atoms with E-state index in [0.717, 1.165) is 31.9 Å². The van der Waals surface area contributed by atoms with Crippen LogP contribution in [0.1, 0.15) is 25.3 Å². The number of β-amino-alcohol motifs (C(OH)–C–C–N with tert-alkyl or cyclic N) is 1. The molecule has 1 saturated heterocycles. The van der Waals surface area contributed by atoms with Crippen LogP contribution in [0.4, 0.5) is 5.69 Å². The molecule has 140 valence electrons. The van der Waals surface area contributed by atoms with Crippen LogP contribution in [0, 0.1) is 0 Å². The van der Waals surface area contributed by atoms with E-state index in [4.69, 9.17) is 4.74 Å². The molecule has 1 N–H and O–H groups in total. The monoisotopic (exact) mass is 354 g/mol. The second-order valence-corrected chi connectivity index (χ2v) is 7.31. The maximum Gasteiger partial charge on any atom is 0.119 e. The van der Waals surface area contributed by atoms with Crippen molar-refractivity contribution in [2.75, 3.05) is 44.2 Å². The van der Waals surface area contributed by atoms with Crippen LogP contribution < -0.4 is 9.64 Å². The molecule has 0 saturated carbocycles.